The van der Waals surface area contributed by atoms with Gasteiger partial charge in [-0.15, -0.1) is 0 Å². The molecule has 1 aromatic rings. The summed E-state index contributed by atoms with van der Waals surface area (Å²) in [7, 11) is 0. The number of halogens is 4. The Labute approximate surface area is 114 Å². The van der Waals surface area contributed by atoms with E-state index in [4.69, 9.17) is 4.74 Å². The van der Waals surface area contributed by atoms with Crippen LogP contribution in [0.15, 0.2) is 10.7 Å². The molecule has 1 heterocycles. The first kappa shape index (κ1) is 14.5. The van der Waals surface area contributed by atoms with Crippen molar-refractivity contribution >= 4 is 37.8 Å². The number of nitrogens with zero attached hydrogens (tertiary/aromatic N) is 1. The predicted octanol–water partition coefficient (Wildman–Crippen LogP) is 3.85. The number of ether oxygens (including phenoxy) is 1. The molecule has 7 heteroatoms. The largest absolute Gasteiger partial charge is 0.461 e. The van der Waals surface area contributed by atoms with Crippen molar-refractivity contribution < 1.29 is 18.3 Å². The molecule has 0 saturated heterocycles. The Morgan fingerprint density at radius 1 is 1.59 bits per heavy atom. The quantitative estimate of drug-likeness (QED) is 0.595. The van der Waals surface area contributed by atoms with Crippen LogP contribution >= 0.6 is 31.9 Å². The van der Waals surface area contributed by atoms with E-state index in [0.29, 0.717) is 10.0 Å². The van der Waals surface area contributed by atoms with Gasteiger partial charge in [-0.2, -0.15) is 0 Å². The van der Waals surface area contributed by atoms with Crippen molar-refractivity contribution in [2.45, 2.75) is 18.7 Å². The minimum absolute atomic E-state index is 0.114. The lowest BCUT2D eigenvalue weighted by molar-refractivity contribution is 0.0507. The van der Waals surface area contributed by atoms with Crippen molar-refractivity contribution in [1.82, 2.24) is 4.98 Å². The van der Waals surface area contributed by atoms with Crippen LogP contribution in [-0.2, 0) is 10.1 Å². The predicted molar refractivity (Wildman–Crippen MR) is 65.5 cm³/mol. The molecule has 0 unspecified atom stereocenters. The van der Waals surface area contributed by atoms with Gasteiger partial charge in [-0.05, 0) is 28.4 Å². The maximum atomic E-state index is 13.0. The van der Waals surface area contributed by atoms with Gasteiger partial charge < -0.3 is 4.74 Å². The van der Waals surface area contributed by atoms with Gasteiger partial charge in [0.05, 0.1) is 12.2 Å². The van der Waals surface area contributed by atoms with Crippen LogP contribution in [0.1, 0.15) is 35.0 Å². The highest BCUT2D eigenvalue weighted by Crippen LogP contribution is 2.32. The van der Waals surface area contributed by atoms with Crippen LogP contribution in [0.5, 0.6) is 0 Å². The normalized spacial score (nSPS) is 10.7. The first-order valence-corrected chi connectivity index (χ1v) is 6.62. The van der Waals surface area contributed by atoms with Gasteiger partial charge in [0, 0.05) is 16.0 Å². The number of hydrogen-bond donors (Lipinski definition) is 0. The molecule has 0 atom stereocenters. The van der Waals surface area contributed by atoms with Crippen molar-refractivity contribution in [3.63, 3.8) is 0 Å². The fourth-order valence-corrected chi connectivity index (χ4v) is 2.71. The molecular weight excluding hydrogens is 364 g/mol. The lowest BCUT2D eigenvalue weighted by Gasteiger charge is -2.12. The van der Waals surface area contributed by atoms with Crippen molar-refractivity contribution in [2.24, 2.45) is 0 Å². The fourth-order valence-electron chi connectivity index (χ4n) is 1.27. The highest BCUT2D eigenvalue weighted by atomic mass is 79.9. The van der Waals surface area contributed by atoms with E-state index in [2.05, 4.69) is 36.8 Å². The summed E-state index contributed by atoms with van der Waals surface area (Å²) in [4.78, 5) is 15.2. The molecule has 0 fully saturated rings. The number of carbonyl (C=O) groups excluding carboxylic acids is 1. The summed E-state index contributed by atoms with van der Waals surface area (Å²) in [5.41, 5.74) is -0.424. The van der Waals surface area contributed by atoms with Gasteiger partial charge in [-0.3, -0.25) is 0 Å². The molecule has 0 radical (unpaired) electrons. The standard InChI is InChI=1S/C10H9Br2F2NO2/c1-2-17-10(16)8-7(9(13)14)5(3-11)6(12)4-15-8/h4,9H,2-3H2,1H3. The van der Waals surface area contributed by atoms with E-state index >= 15 is 0 Å². The Kier molecular flexibility index (Phi) is 5.45. The second-order valence-electron chi connectivity index (χ2n) is 3.00. The molecule has 3 nitrogen and oxygen atoms in total. The number of rotatable bonds is 4. The lowest BCUT2D eigenvalue weighted by atomic mass is 10.1. The number of esters is 1. The van der Waals surface area contributed by atoms with E-state index in [-0.39, 0.29) is 17.6 Å². The van der Waals surface area contributed by atoms with Gasteiger partial charge in [0.25, 0.3) is 6.43 Å². The van der Waals surface area contributed by atoms with Gasteiger partial charge in [-0.1, -0.05) is 15.9 Å². The number of hydrogen-bond acceptors (Lipinski definition) is 3. The average Bonchev–Trinajstić information content (AvgIpc) is 2.28. The third-order valence-electron chi connectivity index (χ3n) is 2.00. The molecule has 0 saturated carbocycles. The number of pyridine rings is 1. The van der Waals surface area contributed by atoms with Gasteiger partial charge in [0.1, 0.15) is 0 Å². The highest BCUT2D eigenvalue weighted by molar-refractivity contribution is 9.10. The van der Waals surface area contributed by atoms with E-state index in [1.54, 1.807) is 6.92 Å². The van der Waals surface area contributed by atoms with Crippen LogP contribution in [0.25, 0.3) is 0 Å². The summed E-state index contributed by atoms with van der Waals surface area (Å²) in [5, 5.41) is 0.197. The van der Waals surface area contributed by atoms with E-state index < -0.39 is 18.0 Å². The second kappa shape index (κ2) is 6.39. The van der Waals surface area contributed by atoms with Gasteiger partial charge >= 0.3 is 5.97 Å². The van der Waals surface area contributed by atoms with E-state index in [0.717, 1.165) is 0 Å². The molecule has 17 heavy (non-hydrogen) atoms. The van der Waals surface area contributed by atoms with Gasteiger partial charge in [-0.25, -0.2) is 18.6 Å². The minimum Gasteiger partial charge on any atom is -0.461 e. The number of aromatic nitrogens is 1. The van der Waals surface area contributed by atoms with E-state index in [1.165, 1.54) is 6.20 Å². The molecule has 0 bridgehead atoms. The average molecular weight is 373 g/mol. The molecular formula is C10H9Br2F2NO2. The van der Waals surface area contributed by atoms with Gasteiger partial charge in [0.15, 0.2) is 5.69 Å². The molecule has 94 valence electrons. The molecule has 1 aromatic heterocycles. The van der Waals surface area contributed by atoms with Crippen LogP contribution in [0.2, 0.25) is 0 Å². The number of carbonyl (C=O) groups is 1. The van der Waals surface area contributed by atoms with Crippen LogP contribution in [-0.4, -0.2) is 17.6 Å². The van der Waals surface area contributed by atoms with Crippen LogP contribution in [0.3, 0.4) is 0 Å². The summed E-state index contributed by atoms with van der Waals surface area (Å²) in [6.45, 7) is 1.72. The third kappa shape index (κ3) is 3.22. The molecule has 0 spiro atoms. The molecule has 0 N–H and O–H groups in total. The topological polar surface area (TPSA) is 39.2 Å². The first-order chi connectivity index (χ1) is 8.02. The maximum Gasteiger partial charge on any atom is 0.357 e. The van der Waals surface area contributed by atoms with E-state index in [9.17, 15) is 13.6 Å². The zero-order valence-electron chi connectivity index (χ0n) is 8.84. The lowest BCUT2D eigenvalue weighted by Crippen LogP contribution is -2.13. The molecule has 0 amide bonds. The van der Waals surface area contributed by atoms with Crippen LogP contribution in [0.4, 0.5) is 8.78 Å². The fraction of sp³-hybridized carbons (Fsp3) is 0.400. The Hall–Kier alpha value is -0.560. The third-order valence-corrected chi connectivity index (χ3v) is 3.24. The zero-order valence-corrected chi connectivity index (χ0v) is 12.0. The van der Waals surface area contributed by atoms with Crippen LogP contribution < -0.4 is 0 Å². The Balaban J connectivity index is 3.35. The molecule has 1 rings (SSSR count). The summed E-state index contributed by atoms with van der Waals surface area (Å²) >= 11 is 6.23. The SMILES string of the molecule is CCOC(=O)c1ncc(Br)c(CBr)c1C(F)F. The smallest absolute Gasteiger partial charge is 0.357 e. The second-order valence-corrected chi connectivity index (χ2v) is 4.42. The molecule has 0 aliphatic heterocycles. The highest BCUT2D eigenvalue weighted by Gasteiger charge is 2.25. The summed E-state index contributed by atoms with van der Waals surface area (Å²) in [6.07, 6.45) is -1.47. The van der Waals surface area contributed by atoms with Crippen molar-refractivity contribution in [2.75, 3.05) is 6.61 Å². The van der Waals surface area contributed by atoms with Crippen molar-refractivity contribution in [1.29, 1.82) is 0 Å². The molecule has 0 aliphatic carbocycles. The first-order valence-electron chi connectivity index (χ1n) is 4.71. The maximum absolute atomic E-state index is 13.0. The summed E-state index contributed by atoms with van der Waals surface area (Å²) in [6, 6.07) is 0. The summed E-state index contributed by atoms with van der Waals surface area (Å²) < 4.78 is 31.1. The monoisotopic (exact) mass is 371 g/mol. The van der Waals surface area contributed by atoms with Crippen LogP contribution in [0, 0.1) is 0 Å². The summed E-state index contributed by atoms with van der Waals surface area (Å²) in [5.74, 6) is -0.836. The Morgan fingerprint density at radius 2 is 2.24 bits per heavy atom. The van der Waals surface area contributed by atoms with Gasteiger partial charge in [0.2, 0.25) is 0 Å². The Bertz CT molecular complexity index is 427. The zero-order chi connectivity index (χ0) is 13.0. The van der Waals surface area contributed by atoms with Crippen molar-refractivity contribution in [3.8, 4) is 0 Å². The molecule has 0 aliphatic rings. The van der Waals surface area contributed by atoms with E-state index in [1.807, 2.05) is 0 Å². The Morgan fingerprint density at radius 3 is 2.71 bits per heavy atom. The van der Waals surface area contributed by atoms with Crippen molar-refractivity contribution in [3.05, 3.63) is 27.5 Å². The molecule has 0 aromatic carbocycles. The number of alkyl halides is 3. The minimum atomic E-state index is -2.79.